The SMILES string of the molecule is CC(=O)N1N=C(c2cc(C)ccc2[N+](=O)[O-])O[C@@H]1c1ccc(N(C)C)cc1. The van der Waals surface area contributed by atoms with E-state index in [1.54, 1.807) is 12.1 Å². The van der Waals surface area contributed by atoms with Crippen molar-refractivity contribution in [3.63, 3.8) is 0 Å². The monoisotopic (exact) mass is 368 g/mol. The zero-order valence-electron chi connectivity index (χ0n) is 15.5. The fraction of sp³-hybridized carbons (Fsp3) is 0.263. The maximum absolute atomic E-state index is 12.1. The molecule has 1 aliphatic rings. The van der Waals surface area contributed by atoms with Gasteiger partial charge in [0.05, 0.1) is 4.92 Å². The van der Waals surface area contributed by atoms with E-state index in [2.05, 4.69) is 5.10 Å². The Bertz CT molecular complexity index is 922. The second-order valence-electron chi connectivity index (χ2n) is 6.50. The van der Waals surface area contributed by atoms with Crippen LogP contribution in [0.15, 0.2) is 47.6 Å². The van der Waals surface area contributed by atoms with E-state index in [4.69, 9.17) is 4.74 Å². The van der Waals surface area contributed by atoms with Gasteiger partial charge < -0.3 is 9.64 Å². The fourth-order valence-corrected chi connectivity index (χ4v) is 2.81. The zero-order chi connectivity index (χ0) is 19.7. The molecular formula is C19H20N4O4. The maximum atomic E-state index is 12.1. The van der Waals surface area contributed by atoms with Crippen LogP contribution in [0.1, 0.15) is 29.8 Å². The van der Waals surface area contributed by atoms with E-state index in [1.165, 1.54) is 18.0 Å². The number of nitrogens with zero attached hydrogens (tertiary/aromatic N) is 4. The Balaban J connectivity index is 1.99. The molecule has 0 fully saturated rings. The van der Waals surface area contributed by atoms with Crippen LogP contribution in [0.25, 0.3) is 0 Å². The van der Waals surface area contributed by atoms with Gasteiger partial charge in [-0.05, 0) is 30.7 Å². The second kappa shape index (κ2) is 7.06. The molecule has 27 heavy (non-hydrogen) atoms. The predicted molar refractivity (Wildman–Crippen MR) is 101 cm³/mol. The highest BCUT2D eigenvalue weighted by Gasteiger charge is 2.35. The molecule has 3 rings (SSSR count). The van der Waals surface area contributed by atoms with Crippen LogP contribution in [-0.4, -0.2) is 35.8 Å². The van der Waals surface area contributed by atoms with Gasteiger partial charge in [0.25, 0.3) is 5.69 Å². The van der Waals surface area contributed by atoms with Gasteiger partial charge in [0.1, 0.15) is 5.56 Å². The molecule has 0 N–H and O–H groups in total. The van der Waals surface area contributed by atoms with Crippen molar-refractivity contribution in [2.24, 2.45) is 5.10 Å². The molecule has 0 radical (unpaired) electrons. The molecule has 1 heterocycles. The predicted octanol–water partition coefficient (Wildman–Crippen LogP) is 3.21. The van der Waals surface area contributed by atoms with Gasteiger partial charge in [-0.3, -0.25) is 14.9 Å². The Morgan fingerprint density at radius 3 is 2.44 bits per heavy atom. The van der Waals surface area contributed by atoms with Gasteiger partial charge in [0.15, 0.2) is 0 Å². The summed E-state index contributed by atoms with van der Waals surface area (Å²) >= 11 is 0. The number of hydrogen-bond donors (Lipinski definition) is 0. The molecule has 1 aliphatic heterocycles. The molecule has 0 aliphatic carbocycles. The van der Waals surface area contributed by atoms with E-state index >= 15 is 0 Å². The highest BCUT2D eigenvalue weighted by molar-refractivity contribution is 6.00. The van der Waals surface area contributed by atoms with E-state index in [0.717, 1.165) is 16.8 Å². The van der Waals surface area contributed by atoms with Gasteiger partial charge in [0.2, 0.25) is 18.0 Å². The molecule has 0 bridgehead atoms. The van der Waals surface area contributed by atoms with Gasteiger partial charge in [-0.25, -0.2) is 0 Å². The number of hydrazone groups is 1. The highest BCUT2D eigenvalue weighted by Crippen LogP contribution is 2.33. The number of amides is 1. The number of anilines is 1. The van der Waals surface area contributed by atoms with Crippen LogP contribution < -0.4 is 4.90 Å². The minimum atomic E-state index is -0.770. The van der Waals surface area contributed by atoms with Gasteiger partial charge in [0, 0.05) is 38.3 Å². The first kappa shape index (κ1) is 18.4. The van der Waals surface area contributed by atoms with E-state index in [9.17, 15) is 14.9 Å². The Labute approximate surface area is 156 Å². The van der Waals surface area contributed by atoms with Crippen LogP contribution in [0.3, 0.4) is 0 Å². The van der Waals surface area contributed by atoms with E-state index < -0.39 is 11.2 Å². The zero-order valence-corrected chi connectivity index (χ0v) is 15.5. The number of benzene rings is 2. The summed E-state index contributed by atoms with van der Waals surface area (Å²) in [6.07, 6.45) is -0.770. The number of hydrogen-bond acceptors (Lipinski definition) is 6. The van der Waals surface area contributed by atoms with Gasteiger partial charge in [-0.15, -0.1) is 5.10 Å². The minimum Gasteiger partial charge on any atom is -0.445 e. The third-order valence-electron chi connectivity index (χ3n) is 4.24. The van der Waals surface area contributed by atoms with Gasteiger partial charge in [-0.2, -0.15) is 5.01 Å². The summed E-state index contributed by atoms with van der Waals surface area (Å²) in [6, 6.07) is 12.2. The summed E-state index contributed by atoms with van der Waals surface area (Å²) in [5.74, 6) is -0.260. The minimum absolute atomic E-state index is 0.0577. The first-order valence-electron chi connectivity index (χ1n) is 8.35. The summed E-state index contributed by atoms with van der Waals surface area (Å²) in [7, 11) is 3.86. The fourth-order valence-electron chi connectivity index (χ4n) is 2.81. The smallest absolute Gasteiger partial charge is 0.282 e. The van der Waals surface area contributed by atoms with Crippen LogP contribution in [-0.2, 0) is 9.53 Å². The van der Waals surface area contributed by atoms with Crippen molar-refractivity contribution in [3.05, 3.63) is 69.3 Å². The van der Waals surface area contributed by atoms with Crippen LogP contribution in [0.5, 0.6) is 0 Å². The third-order valence-corrected chi connectivity index (χ3v) is 4.24. The first-order chi connectivity index (χ1) is 12.8. The molecule has 0 spiro atoms. The molecule has 0 saturated heterocycles. The van der Waals surface area contributed by atoms with Crippen LogP contribution >= 0.6 is 0 Å². The molecule has 140 valence electrons. The molecule has 1 atom stereocenters. The van der Waals surface area contributed by atoms with Crippen LogP contribution in [0, 0.1) is 17.0 Å². The number of nitro benzene ring substituents is 1. The first-order valence-corrected chi connectivity index (χ1v) is 8.35. The lowest BCUT2D eigenvalue weighted by molar-refractivity contribution is -0.385. The van der Waals surface area contributed by atoms with Crippen molar-refractivity contribution in [3.8, 4) is 0 Å². The standard InChI is InChI=1S/C19H20N4O4/c1-12-5-10-17(23(25)26)16(11-12)18-20-22(13(2)24)19(27-18)14-6-8-15(9-7-14)21(3)4/h5-11,19H,1-4H3/t19-/m1/s1. The molecule has 0 saturated carbocycles. The lowest BCUT2D eigenvalue weighted by atomic mass is 10.1. The van der Waals surface area contributed by atoms with Crippen molar-refractivity contribution in [1.82, 2.24) is 5.01 Å². The molecule has 2 aromatic rings. The normalized spacial score (nSPS) is 15.9. The van der Waals surface area contributed by atoms with Crippen molar-refractivity contribution in [1.29, 1.82) is 0 Å². The summed E-state index contributed by atoms with van der Waals surface area (Å²) in [4.78, 5) is 24.9. The number of carbonyl (C=O) groups is 1. The third kappa shape index (κ3) is 3.59. The van der Waals surface area contributed by atoms with Crippen molar-refractivity contribution >= 4 is 23.2 Å². The number of aryl methyl sites for hydroxylation is 1. The Hall–Kier alpha value is -3.42. The lowest BCUT2D eigenvalue weighted by Crippen LogP contribution is -2.25. The molecule has 8 heteroatoms. The molecule has 0 unspecified atom stereocenters. The average Bonchev–Trinajstić information content (AvgIpc) is 3.07. The Kier molecular flexibility index (Phi) is 4.81. The summed E-state index contributed by atoms with van der Waals surface area (Å²) < 4.78 is 5.89. The van der Waals surface area contributed by atoms with Crippen molar-refractivity contribution in [2.45, 2.75) is 20.1 Å². The van der Waals surface area contributed by atoms with E-state index in [1.807, 2.05) is 50.2 Å². The van der Waals surface area contributed by atoms with Gasteiger partial charge in [-0.1, -0.05) is 18.2 Å². The molecule has 1 amide bonds. The van der Waals surface area contributed by atoms with Crippen molar-refractivity contribution < 1.29 is 14.5 Å². The highest BCUT2D eigenvalue weighted by atomic mass is 16.6. The summed E-state index contributed by atoms with van der Waals surface area (Å²) in [5.41, 5.74) is 2.69. The van der Waals surface area contributed by atoms with E-state index in [0.29, 0.717) is 0 Å². The number of rotatable bonds is 4. The van der Waals surface area contributed by atoms with Crippen LogP contribution in [0.4, 0.5) is 11.4 Å². The Morgan fingerprint density at radius 1 is 1.22 bits per heavy atom. The van der Waals surface area contributed by atoms with Crippen molar-refractivity contribution in [2.75, 3.05) is 19.0 Å². The summed E-state index contributed by atoms with van der Waals surface area (Å²) in [5, 5.41) is 16.8. The second-order valence-corrected chi connectivity index (χ2v) is 6.50. The number of nitro groups is 1. The Morgan fingerprint density at radius 2 is 1.89 bits per heavy atom. The quantitative estimate of drug-likeness (QED) is 0.611. The molecular weight excluding hydrogens is 348 g/mol. The topological polar surface area (TPSA) is 88.3 Å². The molecule has 0 aromatic heterocycles. The largest absolute Gasteiger partial charge is 0.445 e. The molecule has 8 nitrogen and oxygen atoms in total. The van der Waals surface area contributed by atoms with E-state index in [-0.39, 0.29) is 23.1 Å². The van der Waals surface area contributed by atoms with Crippen LogP contribution in [0.2, 0.25) is 0 Å². The lowest BCUT2D eigenvalue weighted by Gasteiger charge is -2.20. The maximum Gasteiger partial charge on any atom is 0.282 e. The molecule has 2 aromatic carbocycles. The summed E-state index contributed by atoms with van der Waals surface area (Å²) in [6.45, 7) is 3.20. The van der Waals surface area contributed by atoms with Gasteiger partial charge >= 0.3 is 0 Å². The number of carbonyl (C=O) groups excluding carboxylic acids is 1. The average molecular weight is 368 g/mol. The number of ether oxygens (including phenoxy) is 1.